The molecule has 2 fully saturated rings. The Bertz CT molecular complexity index is 712. The molecule has 0 N–H and O–H groups in total. The Balaban J connectivity index is 1.33. The van der Waals surface area contributed by atoms with Crippen molar-refractivity contribution in [2.45, 2.75) is 24.2 Å². The van der Waals surface area contributed by atoms with Crippen LogP contribution in [0.4, 0.5) is 0 Å². The predicted molar refractivity (Wildman–Crippen MR) is 85.6 cm³/mol. The molecule has 23 heavy (non-hydrogen) atoms. The highest BCUT2D eigenvalue weighted by Crippen LogP contribution is 2.46. The van der Waals surface area contributed by atoms with Gasteiger partial charge in [-0.3, -0.25) is 9.78 Å². The molecule has 2 aromatic rings. The Labute approximate surface area is 138 Å². The highest BCUT2D eigenvalue weighted by Gasteiger charge is 2.51. The van der Waals surface area contributed by atoms with Crippen LogP contribution >= 0.6 is 11.8 Å². The molecule has 1 spiro atoms. The van der Waals surface area contributed by atoms with E-state index in [1.165, 1.54) is 0 Å². The molecule has 4 heterocycles. The van der Waals surface area contributed by atoms with Crippen molar-refractivity contribution in [3.63, 3.8) is 0 Å². The lowest BCUT2D eigenvalue weighted by atomic mass is 9.92. The maximum absolute atomic E-state index is 12.3. The fourth-order valence-corrected chi connectivity index (χ4v) is 4.64. The summed E-state index contributed by atoms with van der Waals surface area (Å²) in [5.41, 5.74) is 0.726. The molecule has 1 amide bonds. The van der Waals surface area contributed by atoms with Gasteiger partial charge in [0.25, 0.3) is 5.91 Å². The molecule has 2 aromatic heterocycles. The summed E-state index contributed by atoms with van der Waals surface area (Å²) in [6, 6.07) is 5.48. The van der Waals surface area contributed by atoms with Crippen LogP contribution in [-0.2, 0) is 0 Å². The average molecular weight is 331 g/mol. The van der Waals surface area contributed by atoms with Gasteiger partial charge in [0.2, 0.25) is 5.76 Å². The Morgan fingerprint density at radius 2 is 2.39 bits per heavy atom. The van der Waals surface area contributed by atoms with Gasteiger partial charge in [0.1, 0.15) is 11.9 Å². The van der Waals surface area contributed by atoms with Gasteiger partial charge >= 0.3 is 0 Å². The number of pyridine rings is 1. The zero-order valence-electron chi connectivity index (χ0n) is 12.8. The van der Waals surface area contributed by atoms with Crippen LogP contribution in [0, 0.1) is 6.92 Å². The summed E-state index contributed by atoms with van der Waals surface area (Å²) < 4.78 is 11.2. The van der Waals surface area contributed by atoms with E-state index in [4.69, 9.17) is 9.26 Å². The quantitative estimate of drug-likeness (QED) is 0.858. The van der Waals surface area contributed by atoms with Crippen molar-refractivity contribution in [2.75, 3.05) is 18.8 Å². The molecule has 2 aliphatic heterocycles. The van der Waals surface area contributed by atoms with E-state index < -0.39 is 0 Å². The van der Waals surface area contributed by atoms with Crippen LogP contribution < -0.4 is 4.74 Å². The minimum Gasteiger partial charge on any atom is -0.488 e. The third kappa shape index (κ3) is 2.81. The lowest BCUT2D eigenvalue weighted by molar-refractivity contribution is 0.0478. The SMILES string of the molecule is Cc1cc(C(=O)N2CC3(CC(Oc4cccnc4)CS3)C2)on1. The van der Waals surface area contributed by atoms with E-state index in [9.17, 15) is 4.79 Å². The molecule has 2 saturated heterocycles. The number of ether oxygens (including phenoxy) is 1. The zero-order valence-corrected chi connectivity index (χ0v) is 13.6. The van der Waals surface area contributed by atoms with Gasteiger partial charge in [-0.05, 0) is 19.1 Å². The Hall–Kier alpha value is -2.02. The van der Waals surface area contributed by atoms with E-state index in [1.807, 2.05) is 35.7 Å². The second-order valence-electron chi connectivity index (χ2n) is 6.12. The summed E-state index contributed by atoms with van der Waals surface area (Å²) in [4.78, 5) is 18.2. The van der Waals surface area contributed by atoms with Crippen LogP contribution in [0.2, 0.25) is 0 Å². The second kappa shape index (κ2) is 5.56. The van der Waals surface area contributed by atoms with Crippen LogP contribution in [0.5, 0.6) is 5.75 Å². The van der Waals surface area contributed by atoms with Gasteiger partial charge in [-0.15, -0.1) is 11.8 Å². The van der Waals surface area contributed by atoms with E-state index in [-0.39, 0.29) is 16.8 Å². The highest BCUT2D eigenvalue weighted by molar-refractivity contribution is 8.01. The lowest BCUT2D eigenvalue weighted by Gasteiger charge is -2.46. The third-order valence-electron chi connectivity index (χ3n) is 4.20. The number of carbonyl (C=O) groups is 1. The molecule has 2 aliphatic rings. The maximum Gasteiger partial charge on any atom is 0.292 e. The number of hydrogen-bond donors (Lipinski definition) is 0. The highest BCUT2D eigenvalue weighted by atomic mass is 32.2. The van der Waals surface area contributed by atoms with Crippen molar-refractivity contribution in [2.24, 2.45) is 0 Å². The first kappa shape index (κ1) is 14.6. The zero-order chi connectivity index (χ0) is 15.9. The molecule has 0 saturated carbocycles. The molecule has 6 nitrogen and oxygen atoms in total. The normalized spacial score (nSPS) is 22.1. The number of nitrogens with zero attached hydrogens (tertiary/aromatic N) is 3. The molecule has 0 aliphatic carbocycles. The van der Waals surface area contributed by atoms with Gasteiger partial charge in [-0.2, -0.15) is 0 Å². The van der Waals surface area contributed by atoms with Crippen LogP contribution in [0.15, 0.2) is 35.1 Å². The van der Waals surface area contributed by atoms with Crippen molar-refractivity contribution in [3.8, 4) is 5.75 Å². The molecule has 4 rings (SSSR count). The van der Waals surface area contributed by atoms with Gasteiger partial charge in [0.15, 0.2) is 0 Å². The van der Waals surface area contributed by atoms with E-state index in [0.717, 1.165) is 36.7 Å². The summed E-state index contributed by atoms with van der Waals surface area (Å²) >= 11 is 1.89. The van der Waals surface area contributed by atoms with Gasteiger partial charge in [0.05, 0.1) is 16.6 Å². The summed E-state index contributed by atoms with van der Waals surface area (Å²) in [5.74, 6) is 2.00. The molecular formula is C16H17N3O3S. The number of likely N-dealkylation sites (tertiary alicyclic amines) is 1. The molecule has 0 aromatic carbocycles. The standard InChI is InChI=1S/C16H17N3O3S/c1-11-5-14(22-18-11)15(20)19-9-16(10-19)6-13(8-23-16)21-12-3-2-4-17-7-12/h2-5,7,13H,6,8-10H2,1H3. The van der Waals surface area contributed by atoms with Crippen molar-refractivity contribution >= 4 is 17.7 Å². The number of carbonyl (C=O) groups excluding carboxylic acids is 1. The molecule has 7 heteroatoms. The first-order valence-electron chi connectivity index (χ1n) is 7.57. The predicted octanol–water partition coefficient (Wildman–Crippen LogP) is 2.16. The minimum atomic E-state index is -0.0755. The largest absolute Gasteiger partial charge is 0.488 e. The molecule has 120 valence electrons. The van der Waals surface area contributed by atoms with E-state index >= 15 is 0 Å². The first-order valence-corrected chi connectivity index (χ1v) is 8.55. The molecule has 1 atom stereocenters. The topological polar surface area (TPSA) is 68.5 Å². The van der Waals surface area contributed by atoms with E-state index in [2.05, 4.69) is 10.1 Å². The Kier molecular flexibility index (Phi) is 3.52. The monoisotopic (exact) mass is 331 g/mol. The fraction of sp³-hybridized carbons (Fsp3) is 0.438. The number of rotatable bonds is 3. The summed E-state index contributed by atoms with van der Waals surface area (Å²) in [5, 5.41) is 3.77. The summed E-state index contributed by atoms with van der Waals surface area (Å²) in [6.07, 6.45) is 4.59. The number of aromatic nitrogens is 2. The van der Waals surface area contributed by atoms with E-state index in [1.54, 1.807) is 18.5 Å². The minimum absolute atomic E-state index is 0.0755. The summed E-state index contributed by atoms with van der Waals surface area (Å²) in [7, 11) is 0. The van der Waals surface area contributed by atoms with Gasteiger partial charge in [0, 0.05) is 37.5 Å². The Morgan fingerprint density at radius 1 is 1.52 bits per heavy atom. The molecule has 0 radical (unpaired) electrons. The molecular weight excluding hydrogens is 314 g/mol. The smallest absolute Gasteiger partial charge is 0.292 e. The maximum atomic E-state index is 12.3. The second-order valence-corrected chi connectivity index (χ2v) is 7.61. The first-order chi connectivity index (χ1) is 11.1. The van der Waals surface area contributed by atoms with Crippen LogP contribution in [0.25, 0.3) is 0 Å². The number of amides is 1. The van der Waals surface area contributed by atoms with Crippen LogP contribution in [-0.4, -0.2) is 50.6 Å². The van der Waals surface area contributed by atoms with Crippen LogP contribution in [0.3, 0.4) is 0 Å². The van der Waals surface area contributed by atoms with Crippen molar-refractivity contribution in [3.05, 3.63) is 42.0 Å². The van der Waals surface area contributed by atoms with Gasteiger partial charge < -0.3 is 14.2 Å². The van der Waals surface area contributed by atoms with Crippen molar-refractivity contribution in [1.29, 1.82) is 0 Å². The van der Waals surface area contributed by atoms with Gasteiger partial charge in [-0.1, -0.05) is 5.16 Å². The molecule has 0 bridgehead atoms. The van der Waals surface area contributed by atoms with Crippen LogP contribution in [0.1, 0.15) is 22.7 Å². The van der Waals surface area contributed by atoms with E-state index in [0.29, 0.717) is 5.76 Å². The lowest BCUT2D eigenvalue weighted by Crippen LogP contribution is -2.60. The number of hydrogen-bond acceptors (Lipinski definition) is 6. The third-order valence-corrected chi connectivity index (χ3v) is 5.77. The summed E-state index contributed by atoms with van der Waals surface area (Å²) in [6.45, 7) is 3.29. The Morgan fingerprint density at radius 3 is 3.09 bits per heavy atom. The van der Waals surface area contributed by atoms with Crippen molar-refractivity contribution in [1.82, 2.24) is 15.0 Å². The fourth-order valence-electron chi connectivity index (χ4n) is 3.12. The average Bonchev–Trinajstić information content (AvgIpc) is 3.13. The molecule has 1 unspecified atom stereocenters. The van der Waals surface area contributed by atoms with Gasteiger partial charge in [-0.25, -0.2) is 0 Å². The van der Waals surface area contributed by atoms with Crippen molar-refractivity contribution < 1.29 is 14.1 Å². The number of thioether (sulfide) groups is 1. The number of aryl methyl sites for hydroxylation is 1.